The molecule has 2 N–H and O–H groups in total. The normalized spacial score (nSPS) is 10.0. The second-order valence-electron chi connectivity index (χ2n) is 2.94. The van der Waals surface area contributed by atoms with Gasteiger partial charge >= 0.3 is 5.97 Å². The molecule has 2 rings (SSSR count). The summed E-state index contributed by atoms with van der Waals surface area (Å²) in [4.78, 5) is 22.1. The number of hydrogen-bond donors (Lipinski definition) is 2. The minimum absolute atomic E-state index is 0.0244. The van der Waals surface area contributed by atoms with Crippen LogP contribution in [0.25, 0.3) is 0 Å². The lowest BCUT2D eigenvalue weighted by Gasteiger charge is -1.98. The van der Waals surface area contributed by atoms with Crippen LogP contribution in [0.1, 0.15) is 21.1 Å². The highest BCUT2D eigenvalue weighted by molar-refractivity contribution is 7.08. The molecule has 6 heteroatoms. The van der Waals surface area contributed by atoms with Crippen molar-refractivity contribution >= 4 is 28.9 Å². The lowest BCUT2D eigenvalue weighted by atomic mass is 10.4. The molecule has 0 aliphatic heterocycles. The van der Waals surface area contributed by atoms with E-state index in [0.717, 1.165) is 0 Å². The fraction of sp³-hybridized carbons (Fsp3) is 0. The summed E-state index contributed by atoms with van der Waals surface area (Å²) < 4.78 is 4.85. The van der Waals surface area contributed by atoms with Crippen molar-refractivity contribution in [3.05, 3.63) is 40.5 Å². The van der Waals surface area contributed by atoms with Crippen LogP contribution in [-0.4, -0.2) is 17.0 Å². The quantitative estimate of drug-likeness (QED) is 0.858. The zero-order valence-electron chi connectivity index (χ0n) is 7.97. The number of amides is 1. The van der Waals surface area contributed by atoms with Crippen LogP contribution in [0.15, 0.2) is 33.4 Å². The lowest BCUT2D eigenvalue weighted by Crippen LogP contribution is -2.10. The van der Waals surface area contributed by atoms with Crippen molar-refractivity contribution in [3.63, 3.8) is 0 Å². The van der Waals surface area contributed by atoms with Gasteiger partial charge in [0.2, 0.25) is 5.76 Å². The first-order chi connectivity index (χ1) is 7.66. The highest BCUT2D eigenvalue weighted by Gasteiger charge is 2.14. The van der Waals surface area contributed by atoms with E-state index in [1.54, 1.807) is 11.4 Å². The molecule has 0 saturated heterocycles. The summed E-state index contributed by atoms with van der Waals surface area (Å²) in [5.41, 5.74) is 0.656. The Balaban J connectivity index is 2.12. The van der Waals surface area contributed by atoms with Crippen molar-refractivity contribution in [1.82, 2.24) is 0 Å². The summed E-state index contributed by atoms with van der Waals surface area (Å²) in [6, 6.07) is 4.31. The maximum Gasteiger partial charge on any atom is 0.371 e. The Kier molecular flexibility index (Phi) is 2.74. The van der Waals surface area contributed by atoms with Crippen molar-refractivity contribution in [2.24, 2.45) is 0 Å². The zero-order valence-corrected chi connectivity index (χ0v) is 8.78. The molecule has 0 saturated carbocycles. The number of carbonyl (C=O) groups excluding carboxylic acids is 1. The molecule has 0 unspecified atom stereocenters. The number of furan rings is 1. The third-order valence-corrected chi connectivity index (χ3v) is 2.50. The molecule has 5 nitrogen and oxygen atoms in total. The maximum atomic E-state index is 11.6. The molecule has 2 aromatic rings. The van der Waals surface area contributed by atoms with Gasteiger partial charge in [-0.25, -0.2) is 4.79 Å². The van der Waals surface area contributed by atoms with Gasteiger partial charge < -0.3 is 14.8 Å². The van der Waals surface area contributed by atoms with E-state index in [9.17, 15) is 9.59 Å². The van der Waals surface area contributed by atoms with Crippen molar-refractivity contribution in [3.8, 4) is 0 Å². The monoisotopic (exact) mass is 237 g/mol. The largest absolute Gasteiger partial charge is 0.475 e. The van der Waals surface area contributed by atoms with Gasteiger partial charge in [0.05, 0.1) is 5.69 Å². The van der Waals surface area contributed by atoms with Gasteiger partial charge in [-0.2, -0.15) is 11.3 Å². The van der Waals surface area contributed by atoms with Gasteiger partial charge in [0, 0.05) is 5.38 Å². The molecule has 0 aromatic carbocycles. The molecular weight excluding hydrogens is 230 g/mol. The third kappa shape index (κ3) is 2.12. The summed E-state index contributed by atoms with van der Waals surface area (Å²) in [6.45, 7) is 0. The van der Waals surface area contributed by atoms with E-state index >= 15 is 0 Å². The van der Waals surface area contributed by atoms with Gasteiger partial charge in [0.15, 0.2) is 5.76 Å². The molecule has 0 aliphatic carbocycles. The van der Waals surface area contributed by atoms with E-state index in [2.05, 4.69) is 5.32 Å². The van der Waals surface area contributed by atoms with Crippen molar-refractivity contribution < 1.29 is 19.1 Å². The first kappa shape index (κ1) is 10.4. The number of aromatic carboxylic acids is 1. The third-order valence-electron chi connectivity index (χ3n) is 1.82. The van der Waals surface area contributed by atoms with Crippen LogP contribution in [0, 0.1) is 0 Å². The first-order valence-corrected chi connectivity index (χ1v) is 5.28. The van der Waals surface area contributed by atoms with Gasteiger partial charge in [0.25, 0.3) is 5.91 Å². The standard InChI is InChI=1S/C10H7NO4S/c12-9(11-6-3-4-16-5-6)7-1-2-8(15-7)10(13)14/h1-5H,(H,11,12)(H,13,14). The van der Waals surface area contributed by atoms with Gasteiger partial charge in [-0.1, -0.05) is 0 Å². The van der Waals surface area contributed by atoms with Gasteiger partial charge in [-0.15, -0.1) is 0 Å². The van der Waals surface area contributed by atoms with E-state index in [-0.39, 0.29) is 11.5 Å². The smallest absolute Gasteiger partial charge is 0.371 e. The Morgan fingerprint density at radius 2 is 2.00 bits per heavy atom. The Morgan fingerprint density at radius 1 is 1.25 bits per heavy atom. The number of thiophene rings is 1. The Bertz CT molecular complexity index is 515. The molecule has 0 atom stereocenters. The highest BCUT2D eigenvalue weighted by atomic mass is 32.1. The van der Waals surface area contributed by atoms with Crippen LogP contribution >= 0.6 is 11.3 Å². The second-order valence-corrected chi connectivity index (χ2v) is 3.72. The Labute approximate surface area is 94.3 Å². The number of carboxylic acids is 1. The number of anilines is 1. The van der Waals surface area contributed by atoms with Gasteiger partial charge in [-0.3, -0.25) is 4.79 Å². The number of nitrogens with one attached hydrogen (secondary N) is 1. The molecule has 2 aromatic heterocycles. The van der Waals surface area contributed by atoms with E-state index in [4.69, 9.17) is 9.52 Å². The SMILES string of the molecule is O=C(O)c1ccc(C(=O)Nc2ccsc2)o1. The summed E-state index contributed by atoms with van der Waals surface area (Å²) >= 11 is 1.45. The molecule has 2 heterocycles. The van der Waals surface area contributed by atoms with Crippen molar-refractivity contribution in [2.45, 2.75) is 0 Å². The van der Waals surface area contributed by atoms with Gasteiger partial charge in [0.1, 0.15) is 0 Å². The maximum absolute atomic E-state index is 11.6. The summed E-state index contributed by atoms with van der Waals surface area (Å²) in [5.74, 6) is -1.94. The topological polar surface area (TPSA) is 79.5 Å². The van der Waals surface area contributed by atoms with E-state index in [0.29, 0.717) is 5.69 Å². The van der Waals surface area contributed by atoms with Crippen LogP contribution < -0.4 is 5.32 Å². The molecule has 16 heavy (non-hydrogen) atoms. The molecular formula is C10H7NO4S. The van der Waals surface area contributed by atoms with E-state index in [1.807, 2.05) is 5.38 Å². The number of rotatable bonds is 3. The average molecular weight is 237 g/mol. The lowest BCUT2D eigenvalue weighted by molar-refractivity contribution is 0.0660. The average Bonchev–Trinajstić information content (AvgIpc) is 2.86. The predicted octanol–water partition coefficient (Wildman–Crippen LogP) is 2.29. The predicted molar refractivity (Wildman–Crippen MR) is 57.9 cm³/mol. The number of carbonyl (C=O) groups is 2. The van der Waals surface area contributed by atoms with Crippen LogP contribution in [0.2, 0.25) is 0 Å². The molecule has 0 radical (unpaired) electrons. The number of hydrogen-bond acceptors (Lipinski definition) is 4. The first-order valence-electron chi connectivity index (χ1n) is 4.33. The van der Waals surface area contributed by atoms with Crippen LogP contribution in [0.5, 0.6) is 0 Å². The minimum Gasteiger partial charge on any atom is -0.475 e. The van der Waals surface area contributed by atoms with E-state index in [1.165, 1.54) is 23.5 Å². The number of carboxylic acid groups (broad SMARTS) is 1. The van der Waals surface area contributed by atoms with Crippen molar-refractivity contribution in [2.75, 3.05) is 5.32 Å². The fourth-order valence-corrected chi connectivity index (χ4v) is 1.69. The minimum atomic E-state index is -1.20. The molecule has 0 bridgehead atoms. The summed E-state index contributed by atoms with van der Waals surface area (Å²) in [6.07, 6.45) is 0. The Morgan fingerprint density at radius 3 is 2.56 bits per heavy atom. The van der Waals surface area contributed by atoms with Gasteiger partial charge in [-0.05, 0) is 23.6 Å². The zero-order chi connectivity index (χ0) is 11.5. The fourth-order valence-electron chi connectivity index (χ4n) is 1.10. The van der Waals surface area contributed by atoms with Crippen LogP contribution in [0.3, 0.4) is 0 Å². The van der Waals surface area contributed by atoms with Crippen LogP contribution in [-0.2, 0) is 0 Å². The molecule has 0 fully saturated rings. The summed E-state index contributed by atoms with van der Waals surface area (Å²) in [5, 5.41) is 14.8. The summed E-state index contributed by atoms with van der Waals surface area (Å²) in [7, 11) is 0. The molecule has 0 aliphatic rings. The Hall–Kier alpha value is -2.08. The molecule has 82 valence electrons. The molecule has 0 spiro atoms. The highest BCUT2D eigenvalue weighted by Crippen LogP contribution is 2.14. The van der Waals surface area contributed by atoms with Crippen molar-refractivity contribution in [1.29, 1.82) is 0 Å². The van der Waals surface area contributed by atoms with Crippen LogP contribution in [0.4, 0.5) is 5.69 Å². The second kappa shape index (κ2) is 4.19. The molecule has 1 amide bonds. The van der Waals surface area contributed by atoms with E-state index < -0.39 is 11.9 Å².